The number of aliphatic hydroxyl groups excluding tert-OH is 1. The average Bonchev–Trinajstić information content (AvgIpc) is 3.25. The summed E-state index contributed by atoms with van der Waals surface area (Å²) in [5, 5.41) is 13.3. The van der Waals surface area contributed by atoms with E-state index in [-0.39, 0.29) is 12.1 Å². The van der Waals surface area contributed by atoms with Crippen LogP contribution in [0.2, 0.25) is 0 Å². The quantitative estimate of drug-likeness (QED) is 0.757. The summed E-state index contributed by atoms with van der Waals surface area (Å²) in [7, 11) is 0. The van der Waals surface area contributed by atoms with Crippen molar-refractivity contribution in [1.82, 2.24) is 5.32 Å². The van der Waals surface area contributed by atoms with E-state index in [9.17, 15) is 5.11 Å². The van der Waals surface area contributed by atoms with Crippen molar-refractivity contribution in [3.63, 3.8) is 0 Å². The van der Waals surface area contributed by atoms with Gasteiger partial charge in [-0.2, -0.15) is 0 Å². The summed E-state index contributed by atoms with van der Waals surface area (Å²) in [4.78, 5) is 0. The van der Waals surface area contributed by atoms with Crippen LogP contribution in [0.15, 0.2) is 24.3 Å². The van der Waals surface area contributed by atoms with Crippen LogP contribution < -0.4 is 10.1 Å². The van der Waals surface area contributed by atoms with Gasteiger partial charge >= 0.3 is 0 Å². The van der Waals surface area contributed by atoms with E-state index in [2.05, 4.69) is 25.2 Å². The Kier molecular flexibility index (Phi) is 4.83. The van der Waals surface area contributed by atoms with E-state index < -0.39 is 0 Å². The molecule has 1 aromatic carbocycles. The molecule has 1 aliphatic rings. The Hall–Kier alpha value is -1.06. The minimum Gasteiger partial charge on any atom is -0.492 e. The van der Waals surface area contributed by atoms with Crippen LogP contribution in [0, 0.1) is 12.8 Å². The molecule has 2 N–H and O–H groups in total. The highest BCUT2D eigenvalue weighted by atomic mass is 16.5. The minimum atomic E-state index is -0.264. The lowest BCUT2D eigenvalue weighted by atomic mass is 9.95. The molecule has 0 radical (unpaired) electrons. The lowest BCUT2D eigenvalue weighted by molar-refractivity contribution is 0.0851. The number of rotatable bonds is 8. The zero-order valence-corrected chi connectivity index (χ0v) is 12.0. The van der Waals surface area contributed by atoms with Crippen LogP contribution in [0.4, 0.5) is 0 Å². The third kappa shape index (κ3) is 3.71. The first-order valence-electron chi connectivity index (χ1n) is 7.25. The fourth-order valence-electron chi connectivity index (χ4n) is 2.47. The molecular formula is C16H25NO2. The molecule has 0 amide bonds. The maximum atomic E-state index is 9.80. The molecule has 0 bridgehead atoms. The summed E-state index contributed by atoms with van der Waals surface area (Å²) in [5.74, 6) is 1.44. The normalized spacial score (nSPS) is 18.1. The van der Waals surface area contributed by atoms with Crippen molar-refractivity contribution in [2.45, 2.75) is 38.6 Å². The Morgan fingerprint density at radius 2 is 2.21 bits per heavy atom. The molecule has 0 spiro atoms. The second kappa shape index (κ2) is 6.40. The van der Waals surface area contributed by atoms with E-state index in [1.165, 1.54) is 18.4 Å². The number of nitrogens with one attached hydrogen (secondary N) is 1. The molecule has 1 unspecified atom stereocenters. The number of hydrogen-bond acceptors (Lipinski definition) is 3. The van der Waals surface area contributed by atoms with E-state index in [0.717, 1.165) is 18.7 Å². The molecular weight excluding hydrogens is 238 g/mol. The number of aliphatic hydroxyl groups is 1. The molecule has 1 aliphatic carbocycles. The monoisotopic (exact) mass is 263 g/mol. The van der Waals surface area contributed by atoms with Crippen LogP contribution in [-0.4, -0.2) is 30.4 Å². The highest BCUT2D eigenvalue weighted by molar-refractivity contribution is 5.27. The Morgan fingerprint density at radius 3 is 2.79 bits per heavy atom. The van der Waals surface area contributed by atoms with Crippen molar-refractivity contribution in [2.75, 3.05) is 19.8 Å². The van der Waals surface area contributed by atoms with E-state index in [1.807, 2.05) is 18.2 Å². The van der Waals surface area contributed by atoms with Gasteiger partial charge in [-0.1, -0.05) is 19.1 Å². The number of aryl methyl sites for hydroxylation is 1. The van der Waals surface area contributed by atoms with Gasteiger partial charge in [0, 0.05) is 0 Å². The molecule has 0 heterocycles. The van der Waals surface area contributed by atoms with Crippen molar-refractivity contribution in [3.8, 4) is 5.75 Å². The molecule has 1 fully saturated rings. The molecule has 1 aromatic rings. The van der Waals surface area contributed by atoms with Gasteiger partial charge in [0.05, 0.1) is 12.1 Å². The fourth-order valence-corrected chi connectivity index (χ4v) is 2.47. The molecule has 0 saturated heterocycles. The van der Waals surface area contributed by atoms with Crippen LogP contribution in [-0.2, 0) is 0 Å². The molecule has 3 heteroatoms. The lowest BCUT2D eigenvalue weighted by Gasteiger charge is -2.33. The SMILES string of the molecule is CCCNC(CO)(COc1cccc(C)c1)C1CC1. The summed E-state index contributed by atoms with van der Waals surface area (Å²) < 4.78 is 5.92. The molecule has 2 rings (SSSR count). The maximum Gasteiger partial charge on any atom is 0.119 e. The Balaban J connectivity index is 1.99. The predicted molar refractivity (Wildman–Crippen MR) is 77.5 cm³/mol. The Morgan fingerprint density at radius 1 is 1.42 bits per heavy atom. The molecule has 1 atom stereocenters. The van der Waals surface area contributed by atoms with Crippen molar-refractivity contribution >= 4 is 0 Å². The zero-order valence-electron chi connectivity index (χ0n) is 12.0. The average molecular weight is 263 g/mol. The van der Waals surface area contributed by atoms with Crippen LogP contribution in [0.1, 0.15) is 31.7 Å². The number of ether oxygens (including phenoxy) is 1. The van der Waals surface area contributed by atoms with Gasteiger partial charge in [0.25, 0.3) is 0 Å². The van der Waals surface area contributed by atoms with Crippen molar-refractivity contribution in [2.24, 2.45) is 5.92 Å². The summed E-state index contributed by atoms with van der Waals surface area (Å²) >= 11 is 0. The van der Waals surface area contributed by atoms with Crippen molar-refractivity contribution in [1.29, 1.82) is 0 Å². The van der Waals surface area contributed by atoms with Gasteiger partial charge in [0.15, 0.2) is 0 Å². The molecule has 19 heavy (non-hydrogen) atoms. The van der Waals surface area contributed by atoms with E-state index in [1.54, 1.807) is 0 Å². The van der Waals surface area contributed by atoms with E-state index in [4.69, 9.17) is 4.74 Å². The lowest BCUT2D eigenvalue weighted by Crippen LogP contribution is -2.55. The molecule has 106 valence electrons. The zero-order chi connectivity index (χ0) is 13.7. The van der Waals surface area contributed by atoms with Gasteiger partial charge in [-0.15, -0.1) is 0 Å². The number of hydrogen-bond donors (Lipinski definition) is 2. The fraction of sp³-hybridized carbons (Fsp3) is 0.625. The molecule has 1 saturated carbocycles. The third-order valence-corrected chi connectivity index (χ3v) is 3.85. The van der Waals surface area contributed by atoms with Crippen molar-refractivity contribution in [3.05, 3.63) is 29.8 Å². The van der Waals surface area contributed by atoms with Crippen LogP contribution >= 0.6 is 0 Å². The van der Waals surface area contributed by atoms with Gasteiger partial charge in [-0.25, -0.2) is 0 Å². The largest absolute Gasteiger partial charge is 0.492 e. The van der Waals surface area contributed by atoms with Crippen molar-refractivity contribution < 1.29 is 9.84 Å². The molecule has 3 nitrogen and oxygen atoms in total. The highest BCUT2D eigenvalue weighted by Gasteiger charge is 2.45. The summed E-state index contributed by atoms with van der Waals surface area (Å²) in [5.41, 5.74) is 0.930. The first-order valence-corrected chi connectivity index (χ1v) is 7.25. The Labute approximate surface area is 116 Å². The molecule has 0 aliphatic heterocycles. The predicted octanol–water partition coefficient (Wildman–Crippen LogP) is 2.51. The topological polar surface area (TPSA) is 41.5 Å². The second-order valence-electron chi connectivity index (χ2n) is 5.62. The third-order valence-electron chi connectivity index (χ3n) is 3.85. The second-order valence-corrected chi connectivity index (χ2v) is 5.62. The first-order chi connectivity index (χ1) is 9.20. The minimum absolute atomic E-state index is 0.142. The van der Waals surface area contributed by atoms with Gasteiger partial charge < -0.3 is 15.2 Å². The smallest absolute Gasteiger partial charge is 0.119 e. The van der Waals surface area contributed by atoms with Gasteiger partial charge in [-0.3, -0.25) is 0 Å². The van der Waals surface area contributed by atoms with E-state index in [0.29, 0.717) is 12.5 Å². The number of benzene rings is 1. The van der Waals surface area contributed by atoms with Crippen LogP contribution in [0.3, 0.4) is 0 Å². The Bertz CT molecular complexity index is 403. The molecule has 0 aromatic heterocycles. The highest BCUT2D eigenvalue weighted by Crippen LogP contribution is 2.40. The first kappa shape index (κ1) is 14.4. The summed E-state index contributed by atoms with van der Waals surface area (Å²) in [6.07, 6.45) is 3.45. The van der Waals surface area contributed by atoms with Gasteiger partial charge in [0.2, 0.25) is 0 Å². The van der Waals surface area contributed by atoms with Gasteiger partial charge in [0.1, 0.15) is 12.4 Å². The summed E-state index contributed by atoms with van der Waals surface area (Å²) in [6.45, 7) is 5.81. The van der Waals surface area contributed by atoms with Gasteiger partial charge in [-0.05, 0) is 56.3 Å². The van der Waals surface area contributed by atoms with Crippen LogP contribution in [0.5, 0.6) is 5.75 Å². The van der Waals surface area contributed by atoms with Crippen LogP contribution in [0.25, 0.3) is 0 Å². The standard InChI is InChI=1S/C16H25NO2/c1-3-9-17-16(11-18,14-7-8-14)12-19-15-6-4-5-13(2)10-15/h4-6,10,14,17-18H,3,7-9,11-12H2,1-2H3. The van der Waals surface area contributed by atoms with E-state index >= 15 is 0 Å². The summed E-state index contributed by atoms with van der Waals surface area (Å²) in [6, 6.07) is 8.07. The maximum absolute atomic E-state index is 9.80.